The molecule has 1 fully saturated rings. The number of halogens is 1. The maximum Gasteiger partial charge on any atom is 0.125 e. The molecule has 2 aliphatic rings. The fraction of sp³-hybridized carbons (Fsp3) is 0.625. The van der Waals surface area contributed by atoms with Gasteiger partial charge in [-0.2, -0.15) is 0 Å². The molecule has 20 heavy (non-hydrogen) atoms. The van der Waals surface area contributed by atoms with E-state index in [2.05, 4.69) is 28.1 Å². The highest BCUT2D eigenvalue weighted by Gasteiger charge is 2.38. The summed E-state index contributed by atoms with van der Waals surface area (Å²) in [6, 6.07) is 4.42. The maximum atomic E-state index is 6.37. The quantitative estimate of drug-likeness (QED) is 0.895. The molecule has 1 heterocycles. The number of nitrogens with two attached hydrogens (primary N) is 1. The van der Waals surface area contributed by atoms with E-state index in [1.165, 1.54) is 17.5 Å². The summed E-state index contributed by atoms with van der Waals surface area (Å²) >= 11 is 3.58. The summed E-state index contributed by atoms with van der Waals surface area (Å²) < 4.78 is 12.6. The van der Waals surface area contributed by atoms with Crippen molar-refractivity contribution in [2.45, 2.75) is 50.2 Å². The van der Waals surface area contributed by atoms with Crippen molar-refractivity contribution >= 4 is 15.9 Å². The van der Waals surface area contributed by atoms with Crippen molar-refractivity contribution < 1.29 is 9.47 Å². The molecule has 0 aromatic heterocycles. The van der Waals surface area contributed by atoms with E-state index in [4.69, 9.17) is 15.2 Å². The lowest BCUT2D eigenvalue weighted by molar-refractivity contribution is -0.0813. The second-order valence-corrected chi connectivity index (χ2v) is 6.98. The first-order chi connectivity index (χ1) is 9.62. The highest BCUT2D eigenvalue weighted by molar-refractivity contribution is 9.10. The van der Waals surface area contributed by atoms with Crippen LogP contribution in [0.2, 0.25) is 0 Å². The summed E-state index contributed by atoms with van der Waals surface area (Å²) in [5.41, 5.74) is 8.93. The standard InChI is InChI=1S/C16H22BrNO2/c1-19-16(4-2-5-16)10-14(18)9-12-8-13(17)7-11-3-6-20-15(11)12/h7-8,14H,2-6,9-10,18H2,1H3. The maximum absolute atomic E-state index is 6.37. The van der Waals surface area contributed by atoms with Gasteiger partial charge in [0.15, 0.2) is 0 Å². The molecule has 1 unspecified atom stereocenters. The van der Waals surface area contributed by atoms with E-state index in [0.29, 0.717) is 0 Å². The van der Waals surface area contributed by atoms with Gasteiger partial charge < -0.3 is 15.2 Å². The fourth-order valence-corrected chi connectivity index (χ4v) is 3.95. The summed E-state index contributed by atoms with van der Waals surface area (Å²) in [5, 5.41) is 0. The Labute approximate surface area is 129 Å². The third-order valence-corrected chi connectivity index (χ3v) is 5.10. The highest BCUT2D eigenvalue weighted by atomic mass is 79.9. The molecule has 110 valence electrons. The SMILES string of the molecule is COC1(CC(N)Cc2cc(Br)cc3c2OCC3)CCC1. The molecule has 1 saturated carbocycles. The summed E-state index contributed by atoms with van der Waals surface area (Å²) in [6.45, 7) is 0.788. The Kier molecular flexibility index (Phi) is 4.07. The van der Waals surface area contributed by atoms with E-state index in [9.17, 15) is 0 Å². The van der Waals surface area contributed by atoms with Crippen LogP contribution in [0.4, 0.5) is 0 Å². The average molecular weight is 340 g/mol. The number of hydrogen-bond donors (Lipinski definition) is 1. The molecule has 3 rings (SSSR count). The molecule has 2 N–H and O–H groups in total. The predicted molar refractivity (Wildman–Crippen MR) is 83.2 cm³/mol. The van der Waals surface area contributed by atoms with E-state index < -0.39 is 0 Å². The fourth-order valence-electron chi connectivity index (χ4n) is 3.39. The van der Waals surface area contributed by atoms with Gasteiger partial charge in [0.05, 0.1) is 12.2 Å². The van der Waals surface area contributed by atoms with Crippen LogP contribution in [0.5, 0.6) is 5.75 Å². The van der Waals surface area contributed by atoms with Gasteiger partial charge in [0.25, 0.3) is 0 Å². The average Bonchev–Trinajstić information content (AvgIpc) is 2.82. The molecule has 3 nitrogen and oxygen atoms in total. The molecule has 1 aliphatic heterocycles. The third kappa shape index (κ3) is 2.74. The van der Waals surface area contributed by atoms with E-state index in [-0.39, 0.29) is 11.6 Å². The normalized spacial score (nSPS) is 20.9. The Morgan fingerprint density at radius 2 is 2.25 bits per heavy atom. The minimum atomic E-state index is 0.0372. The molecule has 0 spiro atoms. The zero-order valence-electron chi connectivity index (χ0n) is 12.0. The summed E-state index contributed by atoms with van der Waals surface area (Å²) in [5.74, 6) is 1.06. The van der Waals surface area contributed by atoms with Gasteiger partial charge in [-0.15, -0.1) is 0 Å². The van der Waals surface area contributed by atoms with E-state index in [0.717, 1.165) is 48.9 Å². The Morgan fingerprint density at radius 3 is 2.90 bits per heavy atom. The summed E-state index contributed by atoms with van der Waals surface area (Å²) in [7, 11) is 1.81. The van der Waals surface area contributed by atoms with Crippen LogP contribution in [0.15, 0.2) is 16.6 Å². The first kappa shape index (κ1) is 14.4. The van der Waals surface area contributed by atoms with E-state index >= 15 is 0 Å². The van der Waals surface area contributed by atoms with Crippen LogP contribution in [-0.4, -0.2) is 25.4 Å². The number of rotatable bonds is 5. The molecule has 1 atom stereocenters. The lowest BCUT2D eigenvalue weighted by atomic mass is 9.75. The minimum Gasteiger partial charge on any atom is -0.493 e. The van der Waals surface area contributed by atoms with Crippen LogP contribution in [0.3, 0.4) is 0 Å². The summed E-state index contributed by atoms with van der Waals surface area (Å²) in [4.78, 5) is 0. The van der Waals surface area contributed by atoms with E-state index in [1.807, 2.05) is 7.11 Å². The van der Waals surface area contributed by atoms with Gasteiger partial charge in [-0.3, -0.25) is 0 Å². The molecule has 0 saturated heterocycles. The van der Waals surface area contributed by atoms with Crippen LogP contribution in [0, 0.1) is 0 Å². The van der Waals surface area contributed by atoms with Crippen molar-refractivity contribution in [3.05, 3.63) is 27.7 Å². The Bertz CT molecular complexity index is 494. The molecule has 1 aliphatic carbocycles. The predicted octanol–water partition coefficient (Wildman–Crippen LogP) is 3.21. The van der Waals surface area contributed by atoms with Crippen LogP contribution in [-0.2, 0) is 17.6 Å². The highest BCUT2D eigenvalue weighted by Crippen LogP contribution is 2.40. The lowest BCUT2D eigenvalue weighted by Crippen LogP contribution is -2.45. The zero-order chi connectivity index (χ0) is 14.2. The number of methoxy groups -OCH3 is 1. The Balaban J connectivity index is 1.71. The molecular formula is C16H22BrNO2. The second-order valence-electron chi connectivity index (χ2n) is 6.06. The number of ether oxygens (including phenoxy) is 2. The largest absolute Gasteiger partial charge is 0.493 e. The Morgan fingerprint density at radius 1 is 1.45 bits per heavy atom. The zero-order valence-corrected chi connectivity index (χ0v) is 13.5. The van der Waals surface area contributed by atoms with Crippen molar-refractivity contribution in [3.8, 4) is 5.75 Å². The smallest absolute Gasteiger partial charge is 0.125 e. The molecule has 0 amide bonds. The first-order valence-electron chi connectivity index (χ1n) is 7.37. The van der Waals surface area contributed by atoms with Crippen LogP contribution < -0.4 is 10.5 Å². The van der Waals surface area contributed by atoms with Crippen molar-refractivity contribution in [2.24, 2.45) is 5.73 Å². The molecule has 4 heteroatoms. The van der Waals surface area contributed by atoms with Crippen molar-refractivity contribution in [2.75, 3.05) is 13.7 Å². The van der Waals surface area contributed by atoms with Crippen molar-refractivity contribution in [1.29, 1.82) is 0 Å². The second kappa shape index (κ2) is 5.66. The minimum absolute atomic E-state index is 0.0372. The van der Waals surface area contributed by atoms with Gasteiger partial charge in [0.1, 0.15) is 5.75 Å². The Hall–Kier alpha value is -0.580. The van der Waals surface area contributed by atoms with Crippen molar-refractivity contribution in [1.82, 2.24) is 0 Å². The molecule has 0 radical (unpaired) electrons. The van der Waals surface area contributed by atoms with Crippen LogP contribution in [0.1, 0.15) is 36.8 Å². The third-order valence-electron chi connectivity index (χ3n) is 4.64. The van der Waals surface area contributed by atoms with Gasteiger partial charge in [-0.05, 0) is 55.4 Å². The topological polar surface area (TPSA) is 44.5 Å². The van der Waals surface area contributed by atoms with Gasteiger partial charge in [0, 0.05) is 24.0 Å². The first-order valence-corrected chi connectivity index (χ1v) is 8.16. The van der Waals surface area contributed by atoms with Gasteiger partial charge in [-0.25, -0.2) is 0 Å². The van der Waals surface area contributed by atoms with Gasteiger partial charge >= 0.3 is 0 Å². The van der Waals surface area contributed by atoms with Gasteiger partial charge in [0.2, 0.25) is 0 Å². The monoisotopic (exact) mass is 339 g/mol. The molecule has 1 aromatic rings. The number of hydrogen-bond acceptors (Lipinski definition) is 3. The molecular weight excluding hydrogens is 318 g/mol. The van der Waals surface area contributed by atoms with Crippen LogP contribution >= 0.6 is 15.9 Å². The molecule has 1 aromatic carbocycles. The van der Waals surface area contributed by atoms with Gasteiger partial charge in [-0.1, -0.05) is 15.9 Å². The number of benzene rings is 1. The van der Waals surface area contributed by atoms with Crippen LogP contribution in [0.25, 0.3) is 0 Å². The summed E-state index contributed by atoms with van der Waals surface area (Å²) in [6.07, 6.45) is 6.33. The molecule has 0 bridgehead atoms. The van der Waals surface area contributed by atoms with Crippen molar-refractivity contribution in [3.63, 3.8) is 0 Å². The number of fused-ring (bicyclic) bond motifs is 1. The van der Waals surface area contributed by atoms with E-state index in [1.54, 1.807) is 0 Å². The lowest BCUT2D eigenvalue weighted by Gasteiger charge is -2.42.